The highest BCUT2D eigenvalue weighted by Gasteiger charge is 2.33. The summed E-state index contributed by atoms with van der Waals surface area (Å²) >= 11 is 0. The Labute approximate surface area is 146 Å². The molecule has 1 aliphatic heterocycles. The van der Waals surface area contributed by atoms with E-state index in [9.17, 15) is 14.7 Å². The van der Waals surface area contributed by atoms with Gasteiger partial charge in [-0.25, -0.2) is 0 Å². The molecule has 6 nitrogen and oxygen atoms in total. The SMILES string of the molecule is CCCN1C(=O)c2ccccc2N[C@H]1c1ccccc1OCC(=O)[O-]. The Morgan fingerprint density at radius 3 is 2.68 bits per heavy atom. The average Bonchev–Trinajstić information content (AvgIpc) is 2.62. The zero-order valence-corrected chi connectivity index (χ0v) is 13.9. The summed E-state index contributed by atoms with van der Waals surface area (Å²) in [6, 6.07) is 14.5. The molecule has 6 heteroatoms. The van der Waals surface area contributed by atoms with E-state index < -0.39 is 18.7 Å². The van der Waals surface area contributed by atoms with Gasteiger partial charge in [0, 0.05) is 17.8 Å². The second kappa shape index (κ2) is 7.25. The topological polar surface area (TPSA) is 81.7 Å². The summed E-state index contributed by atoms with van der Waals surface area (Å²) in [6.07, 6.45) is 0.369. The molecule has 0 bridgehead atoms. The molecule has 0 unspecified atom stereocenters. The number of hydrogen-bond acceptors (Lipinski definition) is 5. The molecule has 0 aliphatic carbocycles. The van der Waals surface area contributed by atoms with Gasteiger partial charge in [-0.1, -0.05) is 37.3 Å². The molecule has 3 rings (SSSR count). The van der Waals surface area contributed by atoms with Crippen LogP contribution >= 0.6 is 0 Å². The minimum atomic E-state index is -1.29. The molecule has 1 amide bonds. The van der Waals surface area contributed by atoms with Crippen molar-refractivity contribution in [2.75, 3.05) is 18.5 Å². The highest BCUT2D eigenvalue weighted by Crippen LogP contribution is 2.36. The molecule has 0 radical (unpaired) electrons. The number of ether oxygens (including phenoxy) is 1. The first kappa shape index (κ1) is 16.8. The third kappa shape index (κ3) is 3.42. The van der Waals surface area contributed by atoms with Crippen LogP contribution < -0.4 is 15.2 Å². The minimum Gasteiger partial charge on any atom is -0.546 e. The molecule has 1 heterocycles. The number of nitrogens with one attached hydrogen (secondary N) is 1. The van der Waals surface area contributed by atoms with E-state index in [1.54, 1.807) is 23.1 Å². The number of benzene rings is 2. The summed E-state index contributed by atoms with van der Waals surface area (Å²) in [5.41, 5.74) is 2.08. The molecule has 0 aromatic heterocycles. The summed E-state index contributed by atoms with van der Waals surface area (Å²) in [4.78, 5) is 25.4. The average molecular weight is 339 g/mol. The Morgan fingerprint density at radius 2 is 1.92 bits per heavy atom. The van der Waals surface area contributed by atoms with Crippen molar-refractivity contribution in [3.05, 3.63) is 59.7 Å². The molecular formula is C19H19N2O4-. The van der Waals surface area contributed by atoms with E-state index in [4.69, 9.17) is 4.74 Å². The summed E-state index contributed by atoms with van der Waals surface area (Å²) < 4.78 is 5.36. The lowest BCUT2D eigenvalue weighted by atomic mass is 10.0. The molecule has 0 fully saturated rings. The van der Waals surface area contributed by atoms with Gasteiger partial charge in [0.1, 0.15) is 18.5 Å². The monoisotopic (exact) mass is 339 g/mol. The second-order valence-corrected chi connectivity index (χ2v) is 5.79. The fourth-order valence-electron chi connectivity index (χ4n) is 2.98. The van der Waals surface area contributed by atoms with Crippen molar-refractivity contribution in [2.45, 2.75) is 19.5 Å². The van der Waals surface area contributed by atoms with E-state index in [1.165, 1.54) is 0 Å². The van der Waals surface area contributed by atoms with E-state index in [2.05, 4.69) is 5.32 Å². The summed E-state index contributed by atoms with van der Waals surface area (Å²) in [7, 11) is 0. The number of rotatable bonds is 6. The number of para-hydroxylation sites is 2. The van der Waals surface area contributed by atoms with E-state index in [0.717, 1.165) is 12.1 Å². The van der Waals surface area contributed by atoms with Gasteiger partial charge in [-0.2, -0.15) is 0 Å². The fraction of sp³-hybridized carbons (Fsp3) is 0.263. The molecule has 1 aliphatic rings. The number of carboxylic acid groups (broad SMARTS) is 1. The van der Waals surface area contributed by atoms with Crippen LogP contribution in [0, 0.1) is 0 Å². The molecule has 0 saturated heterocycles. The summed E-state index contributed by atoms with van der Waals surface area (Å²) in [6.45, 7) is 2.03. The van der Waals surface area contributed by atoms with E-state index in [1.807, 2.05) is 37.3 Å². The first-order valence-corrected chi connectivity index (χ1v) is 8.20. The molecule has 1 N–H and O–H groups in total. The van der Waals surface area contributed by atoms with Gasteiger partial charge in [-0.15, -0.1) is 0 Å². The van der Waals surface area contributed by atoms with E-state index in [-0.39, 0.29) is 5.91 Å². The number of nitrogens with zero attached hydrogens (tertiary/aromatic N) is 1. The molecular weight excluding hydrogens is 320 g/mol. The predicted molar refractivity (Wildman–Crippen MR) is 91.1 cm³/mol. The largest absolute Gasteiger partial charge is 0.546 e. The predicted octanol–water partition coefficient (Wildman–Crippen LogP) is 1.79. The van der Waals surface area contributed by atoms with Gasteiger partial charge in [0.15, 0.2) is 0 Å². The normalized spacial score (nSPS) is 16.1. The van der Waals surface area contributed by atoms with Crippen LogP contribution in [0.5, 0.6) is 5.75 Å². The molecule has 0 spiro atoms. The van der Waals surface area contributed by atoms with Crippen molar-refractivity contribution in [3.8, 4) is 5.75 Å². The van der Waals surface area contributed by atoms with Crippen LogP contribution in [0.2, 0.25) is 0 Å². The second-order valence-electron chi connectivity index (χ2n) is 5.79. The van der Waals surface area contributed by atoms with Gasteiger partial charge >= 0.3 is 0 Å². The maximum atomic E-state index is 12.9. The van der Waals surface area contributed by atoms with Gasteiger partial charge in [-0.05, 0) is 24.6 Å². The molecule has 25 heavy (non-hydrogen) atoms. The standard InChI is InChI=1S/C19H20N2O4/c1-2-11-21-18(20-15-9-5-3-7-13(15)19(21)24)14-8-4-6-10-16(14)25-12-17(22)23/h3-10,18,20H,2,11-12H2,1H3,(H,22,23)/p-1/t18-/m1/s1. The zero-order valence-electron chi connectivity index (χ0n) is 13.9. The molecule has 2 aromatic rings. The number of carbonyl (C=O) groups excluding carboxylic acids is 2. The molecule has 130 valence electrons. The van der Waals surface area contributed by atoms with Crippen LogP contribution in [0.3, 0.4) is 0 Å². The highest BCUT2D eigenvalue weighted by molar-refractivity contribution is 6.01. The Hall–Kier alpha value is -3.02. The number of hydrogen-bond donors (Lipinski definition) is 1. The zero-order chi connectivity index (χ0) is 17.8. The van der Waals surface area contributed by atoms with Gasteiger partial charge in [0.05, 0.1) is 11.5 Å². The van der Waals surface area contributed by atoms with Crippen LogP contribution in [0.1, 0.15) is 35.4 Å². The van der Waals surface area contributed by atoms with Gasteiger partial charge in [0.25, 0.3) is 5.91 Å². The smallest absolute Gasteiger partial charge is 0.257 e. The molecule has 2 aromatic carbocycles. The quantitative estimate of drug-likeness (QED) is 0.868. The van der Waals surface area contributed by atoms with Crippen molar-refractivity contribution in [1.82, 2.24) is 4.90 Å². The molecule has 1 atom stereocenters. The minimum absolute atomic E-state index is 0.0593. The van der Waals surface area contributed by atoms with Gasteiger partial charge in [0.2, 0.25) is 0 Å². The lowest BCUT2D eigenvalue weighted by Gasteiger charge is -2.38. The van der Waals surface area contributed by atoms with Crippen molar-refractivity contribution < 1.29 is 19.4 Å². The van der Waals surface area contributed by atoms with Gasteiger partial charge < -0.3 is 24.9 Å². The van der Waals surface area contributed by atoms with Crippen LogP contribution in [0.4, 0.5) is 5.69 Å². The maximum Gasteiger partial charge on any atom is 0.257 e. The van der Waals surface area contributed by atoms with Crippen LogP contribution in [-0.2, 0) is 4.79 Å². The number of carbonyl (C=O) groups is 2. The van der Waals surface area contributed by atoms with E-state index >= 15 is 0 Å². The number of carboxylic acids is 1. The highest BCUT2D eigenvalue weighted by atomic mass is 16.5. The van der Waals surface area contributed by atoms with Crippen molar-refractivity contribution in [1.29, 1.82) is 0 Å². The van der Waals surface area contributed by atoms with Crippen molar-refractivity contribution in [2.24, 2.45) is 0 Å². The number of aliphatic carboxylic acids is 1. The Bertz CT molecular complexity index is 790. The third-order valence-electron chi connectivity index (χ3n) is 4.05. The number of anilines is 1. The van der Waals surface area contributed by atoms with Crippen LogP contribution in [0.15, 0.2) is 48.5 Å². The number of amides is 1. The van der Waals surface area contributed by atoms with Gasteiger partial charge in [-0.3, -0.25) is 4.79 Å². The lowest BCUT2D eigenvalue weighted by molar-refractivity contribution is -0.307. The Kier molecular flexibility index (Phi) is 4.88. The van der Waals surface area contributed by atoms with Crippen LogP contribution in [-0.4, -0.2) is 29.9 Å². The third-order valence-corrected chi connectivity index (χ3v) is 4.05. The lowest BCUT2D eigenvalue weighted by Crippen LogP contribution is -2.43. The van der Waals surface area contributed by atoms with Crippen molar-refractivity contribution >= 4 is 17.6 Å². The Balaban J connectivity index is 2.00. The van der Waals surface area contributed by atoms with Crippen LogP contribution in [0.25, 0.3) is 0 Å². The van der Waals surface area contributed by atoms with E-state index in [0.29, 0.717) is 23.4 Å². The first-order valence-electron chi connectivity index (χ1n) is 8.20. The van der Waals surface area contributed by atoms with Crippen molar-refractivity contribution in [3.63, 3.8) is 0 Å². The summed E-state index contributed by atoms with van der Waals surface area (Å²) in [5.74, 6) is -0.938. The Morgan fingerprint density at radius 1 is 1.20 bits per heavy atom. The first-order chi connectivity index (χ1) is 12.1. The number of fused-ring (bicyclic) bond motifs is 1. The maximum absolute atomic E-state index is 12.9. The fourth-order valence-corrected chi connectivity index (χ4v) is 2.98. The molecule has 0 saturated carbocycles. The summed E-state index contributed by atoms with van der Waals surface area (Å²) in [5, 5.41) is 14.1.